The molecule has 4 nitrogen and oxygen atoms in total. The normalized spacial score (nSPS) is 18.4. The van der Waals surface area contributed by atoms with E-state index >= 15 is 0 Å². The lowest BCUT2D eigenvalue weighted by molar-refractivity contribution is -0.143. The summed E-state index contributed by atoms with van der Waals surface area (Å²) in [7, 11) is 1.24. The van der Waals surface area contributed by atoms with Crippen LogP contribution in [0.2, 0.25) is 0 Å². The van der Waals surface area contributed by atoms with Crippen molar-refractivity contribution < 1.29 is 31.8 Å². The Morgan fingerprint density at radius 2 is 1.91 bits per heavy atom. The first-order valence-electron chi connectivity index (χ1n) is 9.63. The number of nitrogens with zero attached hydrogens (tertiary/aromatic N) is 1. The summed E-state index contributed by atoms with van der Waals surface area (Å²) in [4.78, 5) is 16.2. The lowest BCUT2D eigenvalue weighted by atomic mass is 10.1. The molecule has 2 unspecified atom stereocenters. The van der Waals surface area contributed by atoms with E-state index in [1.165, 1.54) is 48.8 Å². The van der Waals surface area contributed by atoms with Gasteiger partial charge in [0.2, 0.25) is 0 Å². The number of halogens is 4. The van der Waals surface area contributed by atoms with Crippen molar-refractivity contribution in [3.63, 3.8) is 0 Å². The molecule has 2 aromatic carbocycles. The Labute approximate surface area is 191 Å². The lowest BCUT2D eigenvalue weighted by Gasteiger charge is -2.15. The summed E-state index contributed by atoms with van der Waals surface area (Å²) in [5.41, 5.74) is 0.623. The molecule has 32 heavy (non-hydrogen) atoms. The number of carbonyl (C=O) groups excluding carboxylic acids is 1. The second kappa shape index (κ2) is 10.2. The van der Waals surface area contributed by atoms with Gasteiger partial charge >= 0.3 is 12.1 Å². The Morgan fingerprint density at radius 1 is 1.22 bits per heavy atom. The number of alkyl halides is 3. The number of esters is 1. The summed E-state index contributed by atoms with van der Waals surface area (Å²) in [5, 5.41) is 0.729. The maximum atomic E-state index is 14.5. The van der Waals surface area contributed by atoms with Crippen LogP contribution in [0.5, 0.6) is 5.75 Å². The molecule has 0 aromatic heterocycles. The van der Waals surface area contributed by atoms with Gasteiger partial charge in [0.15, 0.2) is 6.61 Å². The zero-order valence-corrected chi connectivity index (χ0v) is 19.2. The van der Waals surface area contributed by atoms with Crippen molar-refractivity contribution in [1.82, 2.24) is 0 Å². The van der Waals surface area contributed by atoms with Crippen LogP contribution in [0.15, 0.2) is 46.3 Å². The SMILES string of the molecule is COC(=O)COc1cc(F)c(SCC2SC(c3ccc(C(F)(F)F)cc3)=NC2C)cc1C. The number of benzene rings is 2. The highest BCUT2D eigenvalue weighted by Gasteiger charge is 2.31. The van der Waals surface area contributed by atoms with Crippen LogP contribution < -0.4 is 4.74 Å². The highest BCUT2D eigenvalue weighted by molar-refractivity contribution is 8.16. The molecule has 0 radical (unpaired) electrons. The van der Waals surface area contributed by atoms with Crippen molar-refractivity contribution >= 4 is 34.5 Å². The number of thioether (sulfide) groups is 2. The Hall–Kier alpha value is -2.20. The van der Waals surface area contributed by atoms with E-state index in [1.807, 2.05) is 6.92 Å². The Morgan fingerprint density at radius 3 is 2.53 bits per heavy atom. The van der Waals surface area contributed by atoms with Gasteiger partial charge in [-0.3, -0.25) is 4.99 Å². The average molecular weight is 488 g/mol. The minimum absolute atomic E-state index is 0.0484. The molecule has 2 aromatic rings. The molecule has 1 heterocycles. The topological polar surface area (TPSA) is 47.9 Å². The number of methoxy groups -OCH3 is 1. The molecular weight excluding hydrogens is 466 g/mol. The first-order valence-corrected chi connectivity index (χ1v) is 11.5. The number of hydrogen-bond donors (Lipinski definition) is 0. The van der Waals surface area contributed by atoms with Crippen LogP contribution in [-0.2, 0) is 15.7 Å². The number of aliphatic imine (C=N–C) groups is 1. The van der Waals surface area contributed by atoms with Crippen LogP contribution in [-0.4, -0.2) is 41.8 Å². The zero-order chi connectivity index (χ0) is 23.5. The molecule has 0 saturated carbocycles. The van der Waals surface area contributed by atoms with Crippen molar-refractivity contribution in [2.45, 2.75) is 36.2 Å². The van der Waals surface area contributed by atoms with Gasteiger partial charge in [0.25, 0.3) is 0 Å². The largest absolute Gasteiger partial charge is 0.482 e. The summed E-state index contributed by atoms with van der Waals surface area (Å²) < 4.78 is 62.6. The first-order chi connectivity index (χ1) is 15.1. The van der Waals surface area contributed by atoms with Crippen LogP contribution in [0.3, 0.4) is 0 Å². The molecule has 1 aliphatic heterocycles. The monoisotopic (exact) mass is 487 g/mol. The van der Waals surface area contributed by atoms with Gasteiger partial charge in [-0.2, -0.15) is 13.2 Å². The number of ether oxygens (including phenoxy) is 2. The standard InChI is InChI=1S/C22H21F4NO3S2/c1-12-8-18(16(23)9-17(12)30-10-20(28)29-3)31-11-19-13(2)27-21(32-19)14-4-6-15(7-5-14)22(24,25)26/h4-9,13,19H,10-11H2,1-3H3. The molecular formula is C22H21F4NO3S2. The average Bonchev–Trinajstić information content (AvgIpc) is 3.12. The second-order valence-electron chi connectivity index (χ2n) is 7.13. The highest BCUT2D eigenvalue weighted by atomic mass is 32.2. The van der Waals surface area contributed by atoms with E-state index in [-0.39, 0.29) is 23.6 Å². The quantitative estimate of drug-likeness (QED) is 0.283. The molecule has 0 spiro atoms. The second-order valence-corrected chi connectivity index (χ2v) is 9.42. The number of carbonyl (C=O) groups is 1. The zero-order valence-electron chi connectivity index (χ0n) is 17.5. The van der Waals surface area contributed by atoms with E-state index in [0.29, 0.717) is 26.8 Å². The van der Waals surface area contributed by atoms with E-state index in [2.05, 4.69) is 9.73 Å². The van der Waals surface area contributed by atoms with Gasteiger partial charge < -0.3 is 9.47 Å². The predicted molar refractivity (Wildman–Crippen MR) is 118 cm³/mol. The first kappa shape index (κ1) is 24.4. The van der Waals surface area contributed by atoms with Crippen molar-refractivity contribution in [3.05, 3.63) is 58.9 Å². The Balaban J connectivity index is 1.61. The van der Waals surface area contributed by atoms with Crippen LogP contribution in [0.4, 0.5) is 17.6 Å². The highest BCUT2D eigenvalue weighted by Crippen LogP contribution is 2.37. The van der Waals surface area contributed by atoms with Gasteiger partial charge in [-0.1, -0.05) is 23.9 Å². The van der Waals surface area contributed by atoms with Gasteiger partial charge in [-0.25, -0.2) is 9.18 Å². The Kier molecular flexibility index (Phi) is 7.76. The minimum Gasteiger partial charge on any atom is -0.482 e. The molecule has 0 bridgehead atoms. The third kappa shape index (κ3) is 5.98. The van der Waals surface area contributed by atoms with E-state index in [1.54, 1.807) is 13.0 Å². The number of hydrogen-bond acceptors (Lipinski definition) is 6. The summed E-state index contributed by atoms with van der Waals surface area (Å²) in [6, 6.07) is 7.79. The van der Waals surface area contributed by atoms with E-state index in [0.717, 1.165) is 12.1 Å². The van der Waals surface area contributed by atoms with Crippen molar-refractivity contribution in [1.29, 1.82) is 0 Å². The molecule has 0 aliphatic carbocycles. The van der Waals surface area contributed by atoms with Crippen LogP contribution in [0.1, 0.15) is 23.6 Å². The molecule has 0 N–H and O–H groups in total. The molecule has 0 fully saturated rings. The smallest absolute Gasteiger partial charge is 0.416 e. The fourth-order valence-corrected chi connectivity index (χ4v) is 5.53. The van der Waals surface area contributed by atoms with Crippen molar-refractivity contribution in [2.75, 3.05) is 19.5 Å². The molecule has 10 heteroatoms. The van der Waals surface area contributed by atoms with E-state index < -0.39 is 23.5 Å². The molecule has 2 atom stereocenters. The van der Waals surface area contributed by atoms with Gasteiger partial charge in [-0.15, -0.1) is 11.8 Å². The summed E-state index contributed by atoms with van der Waals surface area (Å²) in [6.45, 7) is 3.39. The summed E-state index contributed by atoms with van der Waals surface area (Å²) >= 11 is 2.82. The van der Waals surface area contributed by atoms with Gasteiger partial charge in [0.05, 0.1) is 23.8 Å². The third-order valence-corrected chi connectivity index (χ3v) is 7.58. The molecule has 0 amide bonds. The third-order valence-electron chi connectivity index (χ3n) is 4.79. The summed E-state index contributed by atoms with van der Waals surface area (Å²) in [6.07, 6.45) is -4.38. The Bertz CT molecular complexity index is 1010. The minimum atomic E-state index is -4.38. The fourth-order valence-electron chi connectivity index (χ4n) is 2.93. The van der Waals surface area contributed by atoms with Gasteiger partial charge in [-0.05, 0) is 37.6 Å². The lowest BCUT2D eigenvalue weighted by Crippen LogP contribution is -2.16. The van der Waals surface area contributed by atoms with Gasteiger partial charge in [0, 0.05) is 27.5 Å². The summed E-state index contributed by atoms with van der Waals surface area (Å²) in [5.74, 6) is -0.175. The molecule has 172 valence electrons. The maximum absolute atomic E-state index is 14.5. The fraction of sp³-hybridized carbons (Fsp3) is 0.364. The van der Waals surface area contributed by atoms with Crippen molar-refractivity contribution in [2.24, 2.45) is 4.99 Å². The predicted octanol–water partition coefficient (Wildman–Crippen LogP) is 5.75. The van der Waals surface area contributed by atoms with Crippen LogP contribution in [0.25, 0.3) is 0 Å². The van der Waals surface area contributed by atoms with Gasteiger partial charge in [0.1, 0.15) is 11.6 Å². The van der Waals surface area contributed by atoms with Crippen molar-refractivity contribution in [3.8, 4) is 5.75 Å². The van der Waals surface area contributed by atoms with Crippen LogP contribution in [0, 0.1) is 12.7 Å². The van der Waals surface area contributed by atoms with E-state index in [4.69, 9.17) is 4.74 Å². The molecule has 3 rings (SSSR count). The maximum Gasteiger partial charge on any atom is 0.416 e. The number of aryl methyl sites for hydroxylation is 1. The molecule has 0 saturated heterocycles. The van der Waals surface area contributed by atoms with Crippen LogP contribution >= 0.6 is 23.5 Å². The van der Waals surface area contributed by atoms with E-state index in [9.17, 15) is 22.4 Å². The molecule has 1 aliphatic rings. The number of rotatable bonds is 7.